The average Bonchev–Trinajstić information content (AvgIpc) is 2.74. The summed E-state index contributed by atoms with van der Waals surface area (Å²) in [6.45, 7) is 0.950. The highest BCUT2D eigenvalue weighted by atomic mass is 35.5. The lowest BCUT2D eigenvalue weighted by Gasteiger charge is -2.19. The number of fused-ring (bicyclic) bond motifs is 1. The summed E-state index contributed by atoms with van der Waals surface area (Å²) in [4.78, 5) is 19.4. The van der Waals surface area contributed by atoms with Crippen LogP contribution >= 0.6 is 11.6 Å². The molecule has 1 heterocycles. The van der Waals surface area contributed by atoms with Crippen LogP contribution in [0.4, 0.5) is 5.69 Å². The fraction of sp³-hybridized carbons (Fsp3) is 0.200. The molecule has 0 spiro atoms. The molecule has 2 aromatic carbocycles. The van der Waals surface area contributed by atoms with Crippen molar-refractivity contribution in [2.45, 2.75) is 12.8 Å². The highest BCUT2D eigenvalue weighted by Gasteiger charge is 2.14. The van der Waals surface area contributed by atoms with Crippen molar-refractivity contribution in [2.75, 3.05) is 26.0 Å². The number of benzene rings is 2. The monoisotopic (exact) mass is 417 g/mol. The van der Waals surface area contributed by atoms with Crippen LogP contribution in [0.1, 0.15) is 28.0 Å². The topological polar surface area (TPSA) is 45.2 Å². The number of aromatic nitrogens is 1. The number of carbonyl (C=O) groups excluding carboxylic acids is 1. The second-order valence-electron chi connectivity index (χ2n) is 7.85. The van der Waals surface area contributed by atoms with Gasteiger partial charge < -0.3 is 10.2 Å². The Labute approximate surface area is 182 Å². The lowest BCUT2D eigenvalue weighted by atomic mass is 9.95. The predicted molar refractivity (Wildman–Crippen MR) is 124 cm³/mol. The Morgan fingerprint density at radius 3 is 2.37 bits per heavy atom. The number of likely N-dealkylation sites (N-methyl/N-ethyl adjacent to an activating group) is 1. The van der Waals surface area contributed by atoms with Gasteiger partial charge in [0.05, 0.1) is 17.6 Å². The van der Waals surface area contributed by atoms with Gasteiger partial charge in [-0.3, -0.25) is 9.78 Å². The molecule has 5 heteroatoms. The van der Waals surface area contributed by atoms with Gasteiger partial charge >= 0.3 is 0 Å². The SMILES string of the molecule is CN(C)CC1=Cc2ncc(NC(=O)c3ccc(-c4ccc(Cl)cc4)cc3)cc2CC1. The quantitative estimate of drug-likeness (QED) is 0.592. The van der Waals surface area contributed by atoms with Crippen LogP contribution in [0.25, 0.3) is 17.2 Å². The smallest absolute Gasteiger partial charge is 0.255 e. The first kappa shape index (κ1) is 20.3. The van der Waals surface area contributed by atoms with E-state index in [9.17, 15) is 4.79 Å². The van der Waals surface area contributed by atoms with Crippen LogP contribution in [0.15, 0.2) is 66.4 Å². The maximum absolute atomic E-state index is 12.7. The van der Waals surface area contributed by atoms with Crippen molar-refractivity contribution < 1.29 is 4.79 Å². The first-order valence-electron chi connectivity index (χ1n) is 9.98. The Hall–Kier alpha value is -2.95. The van der Waals surface area contributed by atoms with Gasteiger partial charge in [0.25, 0.3) is 5.91 Å². The Bertz CT molecular complexity index is 1090. The summed E-state index contributed by atoms with van der Waals surface area (Å²) in [5.41, 5.74) is 7.00. The molecule has 0 bridgehead atoms. The van der Waals surface area contributed by atoms with Gasteiger partial charge in [-0.25, -0.2) is 0 Å². The first-order valence-corrected chi connectivity index (χ1v) is 10.4. The van der Waals surface area contributed by atoms with Crippen molar-refractivity contribution in [1.82, 2.24) is 9.88 Å². The molecule has 0 saturated heterocycles. The molecule has 30 heavy (non-hydrogen) atoms. The predicted octanol–water partition coefficient (Wildman–Crippen LogP) is 5.55. The standard InChI is InChI=1S/C25H24ClN3O/c1-29(2)16-17-3-4-21-14-23(15-27-24(21)13-17)28-25(30)20-7-5-18(6-8-20)19-9-11-22(26)12-10-19/h5-15H,3-4,16H2,1-2H3,(H,28,30). The fourth-order valence-corrected chi connectivity index (χ4v) is 3.80. The van der Waals surface area contributed by atoms with Gasteiger partial charge in [0.15, 0.2) is 0 Å². The van der Waals surface area contributed by atoms with Crippen molar-refractivity contribution in [3.05, 3.63) is 88.2 Å². The number of halogens is 1. The average molecular weight is 418 g/mol. The molecule has 4 rings (SSSR count). The van der Waals surface area contributed by atoms with Gasteiger partial charge in [-0.2, -0.15) is 0 Å². The van der Waals surface area contributed by atoms with Gasteiger partial charge in [0, 0.05) is 17.1 Å². The van der Waals surface area contributed by atoms with E-state index in [1.54, 1.807) is 6.20 Å². The summed E-state index contributed by atoms with van der Waals surface area (Å²) in [5.74, 6) is -0.140. The van der Waals surface area contributed by atoms with Gasteiger partial charge in [-0.15, -0.1) is 0 Å². The van der Waals surface area contributed by atoms with Gasteiger partial charge in [0.1, 0.15) is 0 Å². The van der Waals surface area contributed by atoms with Crippen molar-refractivity contribution in [3.8, 4) is 11.1 Å². The third-order valence-electron chi connectivity index (χ3n) is 5.16. The molecule has 0 radical (unpaired) electrons. The minimum atomic E-state index is -0.140. The maximum Gasteiger partial charge on any atom is 0.255 e. The van der Waals surface area contributed by atoms with Crippen LogP contribution in [0, 0.1) is 0 Å². The first-order chi connectivity index (χ1) is 14.5. The normalized spacial score (nSPS) is 13.0. The molecule has 152 valence electrons. The number of carbonyl (C=O) groups is 1. The summed E-state index contributed by atoms with van der Waals surface area (Å²) in [6, 6.07) is 17.2. The number of hydrogen-bond donors (Lipinski definition) is 1. The Morgan fingerprint density at radius 2 is 1.70 bits per heavy atom. The van der Waals surface area contributed by atoms with Crippen molar-refractivity contribution >= 4 is 29.3 Å². The molecule has 0 aliphatic heterocycles. The minimum absolute atomic E-state index is 0.140. The molecule has 3 aromatic rings. The van der Waals surface area contributed by atoms with E-state index < -0.39 is 0 Å². The Kier molecular flexibility index (Phi) is 5.98. The largest absolute Gasteiger partial charge is 0.321 e. The van der Waals surface area contributed by atoms with E-state index in [1.807, 2.05) is 54.6 Å². The van der Waals surface area contributed by atoms with Crippen molar-refractivity contribution in [2.24, 2.45) is 0 Å². The van der Waals surface area contributed by atoms with E-state index in [-0.39, 0.29) is 5.91 Å². The zero-order valence-electron chi connectivity index (χ0n) is 17.2. The van der Waals surface area contributed by atoms with E-state index in [1.165, 1.54) is 11.1 Å². The van der Waals surface area contributed by atoms with Crippen LogP contribution < -0.4 is 5.32 Å². The number of hydrogen-bond acceptors (Lipinski definition) is 3. The number of nitrogens with one attached hydrogen (secondary N) is 1. The van der Waals surface area contributed by atoms with Crippen LogP contribution in [-0.4, -0.2) is 36.4 Å². The molecule has 1 amide bonds. The molecule has 4 nitrogen and oxygen atoms in total. The van der Waals surface area contributed by atoms with Crippen molar-refractivity contribution in [1.29, 1.82) is 0 Å². The van der Waals surface area contributed by atoms with Crippen molar-refractivity contribution in [3.63, 3.8) is 0 Å². The molecule has 0 saturated carbocycles. The Balaban J connectivity index is 1.45. The number of amides is 1. The molecule has 0 atom stereocenters. The number of rotatable bonds is 5. The van der Waals surface area contributed by atoms with Gasteiger partial charge in [-0.1, -0.05) is 41.4 Å². The maximum atomic E-state index is 12.7. The van der Waals surface area contributed by atoms with E-state index in [0.29, 0.717) is 10.6 Å². The number of nitrogens with zero attached hydrogens (tertiary/aromatic N) is 2. The van der Waals surface area contributed by atoms with E-state index in [4.69, 9.17) is 11.6 Å². The highest BCUT2D eigenvalue weighted by Crippen LogP contribution is 2.26. The lowest BCUT2D eigenvalue weighted by molar-refractivity contribution is 0.102. The zero-order valence-corrected chi connectivity index (χ0v) is 17.9. The Morgan fingerprint density at radius 1 is 1.03 bits per heavy atom. The zero-order chi connectivity index (χ0) is 21.1. The second kappa shape index (κ2) is 8.82. The molecule has 1 aliphatic rings. The van der Waals surface area contributed by atoms with E-state index in [2.05, 4.69) is 35.4 Å². The van der Waals surface area contributed by atoms with Gasteiger partial charge in [-0.05, 0) is 80.0 Å². The molecule has 0 fully saturated rings. The van der Waals surface area contributed by atoms with E-state index in [0.717, 1.165) is 41.9 Å². The molecule has 0 unspecified atom stereocenters. The number of anilines is 1. The number of pyridine rings is 1. The third kappa shape index (κ3) is 4.78. The molecule has 1 aliphatic carbocycles. The molecular weight excluding hydrogens is 394 g/mol. The van der Waals surface area contributed by atoms with Crippen LogP contribution in [0.5, 0.6) is 0 Å². The van der Waals surface area contributed by atoms with E-state index >= 15 is 0 Å². The molecule has 1 N–H and O–H groups in total. The molecular formula is C25H24ClN3O. The fourth-order valence-electron chi connectivity index (χ4n) is 3.67. The summed E-state index contributed by atoms with van der Waals surface area (Å²) in [5, 5.41) is 3.68. The summed E-state index contributed by atoms with van der Waals surface area (Å²) >= 11 is 5.95. The molecule has 1 aromatic heterocycles. The highest BCUT2D eigenvalue weighted by molar-refractivity contribution is 6.30. The van der Waals surface area contributed by atoms with Gasteiger partial charge in [0.2, 0.25) is 0 Å². The summed E-state index contributed by atoms with van der Waals surface area (Å²) < 4.78 is 0. The number of aryl methyl sites for hydroxylation is 1. The second-order valence-corrected chi connectivity index (χ2v) is 8.28. The minimum Gasteiger partial charge on any atom is -0.321 e. The summed E-state index contributed by atoms with van der Waals surface area (Å²) in [6.07, 6.45) is 5.87. The third-order valence-corrected chi connectivity index (χ3v) is 5.41. The lowest BCUT2D eigenvalue weighted by Crippen LogP contribution is -2.17. The van der Waals surface area contributed by atoms with Crippen LogP contribution in [0.2, 0.25) is 5.02 Å². The van der Waals surface area contributed by atoms with Crippen LogP contribution in [-0.2, 0) is 6.42 Å². The van der Waals surface area contributed by atoms with Crippen LogP contribution in [0.3, 0.4) is 0 Å². The summed E-state index contributed by atoms with van der Waals surface area (Å²) in [7, 11) is 4.15.